The first-order valence-corrected chi connectivity index (χ1v) is 12.9. The highest BCUT2D eigenvalue weighted by Crippen LogP contribution is 2.28. The molecule has 2 aromatic heterocycles. The van der Waals surface area contributed by atoms with E-state index >= 15 is 0 Å². The van der Waals surface area contributed by atoms with Crippen LogP contribution in [-0.2, 0) is 20.6 Å². The summed E-state index contributed by atoms with van der Waals surface area (Å²) in [5.41, 5.74) is 1.74. The normalized spacial score (nSPS) is 13.7. The fourth-order valence-electron chi connectivity index (χ4n) is 4.67. The van der Waals surface area contributed by atoms with Crippen LogP contribution in [0.1, 0.15) is 5.56 Å². The number of rotatable bonds is 5. The fourth-order valence-corrected chi connectivity index (χ4v) is 5.14. The molecule has 0 spiro atoms. The average Bonchev–Trinajstić information content (AvgIpc) is 3.30. The predicted octanol–water partition coefficient (Wildman–Crippen LogP) is 2.66. The van der Waals surface area contributed by atoms with Crippen LogP contribution in [0.4, 0.5) is 11.6 Å². The molecule has 10 nitrogen and oxygen atoms in total. The quantitative estimate of drug-likeness (QED) is 0.377. The standard InChI is InChI=1S/C26H28ClN7O3S/c1-30-22-21(23(35)31(2)26(30)36)34(16-17-7-5-4-6-8-17)24(29-22)32-11-13-33(14-12-32)25(38)28-19-15-18(27)9-10-20(19)37-3/h4-10,15H,11-14,16H2,1-3H3,(H,28,38). The minimum Gasteiger partial charge on any atom is -0.495 e. The van der Waals surface area contributed by atoms with Gasteiger partial charge < -0.3 is 19.9 Å². The van der Waals surface area contributed by atoms with Gasteiger partial charge in [-0.3, -0.25) is 18.5 Å². The van der Waals surface area contributed by atoms with Crippen LogP contribution in [-0.4, -0.2) is 62.0 Å². The maximum absolute atomic E-state index is 13.2. The highest BCUT2D eigenvalue weighted by molar-refractivity contribution is 7.80. The largest absolute Gasteiger partial charge is 0.495 e. The van der Waals surface area contributed by atoms with Crippen molar-refractivity contribution in [2.75, 3.05) is 43.5 Å². The Balaban J connectivity index is 1.43. The molecule has 0 saturated carbocycles. The number of fused-ring (bicyclic) bond motifs is 1. The maximum Gasteiger partial charge on any atom is 0.332 e. The van der Waals surface area contributed by atoms with Gasteiger partial charge in [-0.25, -0.2) is 4.79 Å². The molecule has 0 bridgehead atoms. The smallest absolute Gasteiger partial charge is 0.332 e. The molecule has 0 amide bonds. The summed E-state index contributed by atoms with van der Waals surface area (Å²) < 4.78 is 9.88. The minimum absolute atomic E-state index is 0.364. The summed E-state index contributed by atoms with van der Waals surface area (Å²) in [5, 5.41) is 4.40. The Labute approximate surface area is 229 Å². The van der Waals surface area contributed by atoms with E-state index in [1.165, 1.54) is 11.6 Å². The van der Waals surface area contributed by atoms with Gasteiger partial charge in [-0.2, -0.15) is 4.98 Å². The van der Waals surface area contributed by atoms with Crippen LogP contribution in [0.2, 0.25) is 5.02 Å². The molecule has 1 saturated heterocycles. The molecule has 3 heterocycles. The van der Waals surface area contributed by atoms with Gasteiger partial charge in [0, 0.05) is 45.3 Å². The highest BCUT2D eigenvalue weighted by atomic mass is 35.5. The Hall–Kier alpha value is -3.83. The van der Waals surface area contributed by atoms with Crippen LogP contribution in [0, 0.1) is 0 Å². The number of nitrogens with one attached hydrogen (secondary N) is 1. The Morgan fingerprint density at radius 2 is 1.76 bits per heavy atom. The van der Waals surface area contributed by atoms with Crippen molar-refractivity contribution >= 4 is 51.7 Å². The van der Waals surface area contributed by atoms with E-state index in [1.807, 2.05) is 34.9 Å². The second kappa shape index (κ2) is 10.5. The van der Waals surface area contributed by atoms with Gasteiger partial charge in [0.1, 0.15) is 5.75 Å². The minimum atomic E-state index is -0.406. The molecular formula is C26H28ClN7O3S. The van der Waals surface area contributed by atoms with Gasteiger partial charge in [0.15, 0.2) is 16.3 Å². The van der Waals surface area contributed by atoms with E-state index in [1.54, 1.807) is 32.4 Å². The van der Waals surface area contributed by atoms with E-state index in [0.29, 0.717) is 71.4 Å². The van der Waals surface area contributed by atoms with Gasteiger partial charge >= 0.3 is 5.69 Å². The van der Waals surface area contributed by atoms with E-state index in [4.69, 9.17) is 33.5 Å². The van der Waals surface area contributed by atoms with Gasteiger partial charge in [0.25, 0.3) is 5.56 Å². The summed E-state index contributed by atoms with van der Waals surface area (Å²) in [6, 6.07) is 15.2. The highest BCUT2D eigenvalue weighted by Gasteiger charge is 2.26. The molecule has 198 valence electrons. The molecule has 5 rings (SSSR count). The van der Waals surface area contributed by atoms with E-state index in [0.717, 1.165) is 10.1 Å². The van der Waals surface area contributed by atoms with Crippen molar-refractivity contribution in [2.24, 2.45) is 14.1 Å². The van der Waals surface area contributed by atoms with E-state index in [9.17, 15) is 9.59 Å². The van der Waals surface area contributed by atoms with Crippen LogP contribution < -0.4 is 26.2 Å². The number of aryl methyl sites for hydroxylation is 1. The SMILES string of the molecule is COc1ccc(Cl)cc1NC(=S)N1CCN(c2nc3c(c(=O)n(C)c(=O)n3C)n2Cc2ccccc2)CC1. The van der Waals surface area contributed by atoms with Crippen molar-refractivity contribution < 1.29 is 4.74 Å². The summed E-state index contributed by atoms with van der Waals surface area (Å²) in [4.78, 5) is 34.8. The summed E-state index contributed by atoms with van der Waals surface area (Å²) in [6.45, 7) is 2.98. The summed E-state index contributed by atoms with van der Waals surface area (Å²) in [5.74, 6) is 1.30. The second-order valence-corrected chi connectivity index (χ2v) is 9.93. The third-order valence-corrected chi connectivity index (χ3v) is 7.36. The molecule has 2 aromatic carbocycles. The summed E-state index contributed by atoms with van der Waals surface area (Å²) in [7, 11) is 4.73. The number of anilines is 2. The lowest BCUT2D eigenvalue weighted by atomic mass is 10.2. The Morgan fingerprint density at radius 1 is 1.05 bits per heavy atom. The number of piperazine rings is 1. The lowest BCUT2D eigenvalue weighted by Gasteiger charge is -2.37. The van der Waals surface area contributed by atoms with Crippen molar-refractivity contribution in [3.8, 4) is 5.75 Å². The molecule has 12 heteroatoms. The van der Waals surface area contributed by atoms with Gasteiger partial charge in [-0.05, 0) is 36.0 Å². The lowest BCUT2D eigenvalue weighted by Crippen LogP contribution is -2.50. The number of aromatic nitrogens is 4. The molecule has 38 heavy (non-hydrogen) atoms. The molecule has 0 unspecified atom stereocenters. The van der Waals surface area contributed by atoms with E-state index < -0.39 is 5.69 Å². The number of methoxy groups -OCH3 is 1. The van der Waals surface area contributed by atoms with Gasteiger partial charge in [0.2, 0.25) is 5.95 Å². The number of imidazole rings is 1. The molecular weight excluding hydrogens is 526 g/mol. The van der Waals surface area contributed by atoms with E-state index in [2.05, 4.69) is 15.1 Å². The van der Waals surface area contributed by atoms with Crippen molar-refractivity contribution in [3.63, 3.8) is 0 Å². The van der Waals surface area contributed by atoms with Crippen molar-refractivity contribution in [1.82, 2.24) is 23.6 Å². The first-order valence-electron chi connectivity index (χ1n) is 12.1. The van der Waals surface area contributed by atoms with Crippen LogP contribution >= 0.6 is 23.8 Å². The number of halogens is 1. The molecule has 1 N–H and O–H groups in total. The zero-order valence-electron chi connectivity index (χ0n) is 21.3. The third kappa shape index (κ3) is 4.74. The molecule has 0 aliphatic carbocycles. The van der Waals surface area contributed by atoms with Crippen molar-refractivity contribution in [1.29, 1.82) is 0 Å². The number of ether oxygens (including phenoxy) is 1. The van der Waals surface area contributed by atoms with Gasteiger partial charge in [-0.1, -0.05) is 41.9 Å². The van der Waals surface area contributed by atoms with Crippen molar-refractivity contribution in [3.05, 3.63) is 80.0 Å². The third-order valence-electron chi connectivity index (χ3n) is 6.76. The number of hydrogen-bond acceptors (Lipinski definition) is 6. The second-order valence-electron chi connectivity index (χ2n) is 9.11. The number of benzene rings is 2. The zero-order valence-corrected chi connectivity index (χ0v) is 22.9. The molecule has 4 aromatic rings. The number of hydrogen-bond donors (Lipinski definition) is 1. The Bertz CT molecular complexity index is 1620. The van der Waals surface area contributed by atoms with Crippen molar-refractivity contribution in [2.45, 2.75) is 6.54 Å². The maximum atomic E-state index is 13.2. The summed E-state index contributed by atoms with van der Waals surface area (Å²) in [6.07, 6.45) is 0. The van der Waals surface area contributed by atoms with Crippen LogP contribution in [0.25, 0.3) is 11.2 Å². The number of nitrogens with zero attached hydrogens (tertiary/aromatic N) is 6. The Kier molecular flexibility index (Phi) is 7.13. The zero-order chi connectivity index (χ0) is 27.0. The number of thiocarbonyl (C=S) groups is 1. The first kappa shape index (κ1) is 25.8. The molecule has 1 aliphatic rings. The van der Waals surface area contributed by atoms with Gasteiger partial charge in [0.05, 0.1) is 19.3 Å². The van der Waals surface area contributed by atoms with Crippen LogP contribution in [0.3, 0.4) is 0 Å². The Morgan fingerprint density at radius 3 is 2.45 bits per heavy atom. The van der Waals surface area contributed by atoms with Gasteiger partial charge in [-0.15, -0.1) is 0 Å². The topological polar surface area (TPSA) is 89.6 Å². The van der Waals surface area contributed by atoms with Crippen LogP contribution in [0.15, 0.2) is 58.1 Å². The lowest BCUT2D eigenvalue weighted by molar-refractivity contribution is 0.386. The van der Waals surface area contributed by atoms with E-state index in [-0.39, 0.29) is 5.56 Å². The molecule has 0 atom stereocenters. The first-order chi connectivity index (χ1) is 18.3. The average molecular weight is 554 g/mol. The predicted molar refractivity (Wildman–Crippen MR) is 154 cm³/mol. The monoisotopic (exact) mass is 553 g/mol. The molecule has 1 aliphatic heterocycles. The summed E-state index contributed by atoms with van der Waals surface area (Å²) >= 11 is 11.8. The fraction of sp³-hybridized carbons (Fsp3) is 0.308. The molecule has 0 radical (unpaired) electrons. The molecule has 1 fully saturated rings. The van der Waals surface area contributed by atoms with Crippen LogP contribution in [0.5, 0.6) is 5.75 Å².